The molecule has 18 heavy (non-hydrogen) atoms. The summed E-state index contributed by atoms with van der Waals surface area (Å²) >= 11 is 0. The second-order valence-electron chi connectivity index (χ2n) is 5.20. The largest absolute Gasteiger partial charge is 0.306 e. The van der Waals surface area contributed by atoms with E-state index in [1.807, 2.05) is 17.9 Å². The third-order valence-electron chi connectivity index (χ3n) is 3.69. The van der Waals surface area contributed by atoms with E-state index in [4.69, 9.17) is 0 Å². The SMILES string of the molecule is Cc1ccc2c(c1)C(NCc1cnn(C)c1)CC2. The van der Waals surface area contributed by atoms with Gasteiger partial charge in [0.2, 0.25) is 0 Å². The Kier molecular flexibility index (Phi) is 2.92. The molecule has 0 saturated heterocycles. The van der Waals surface area contributed by atoms with E-state index in [2.05, 4.69) is 41.7 Å². The minimum Gasteiger partial charge on any atom is -0.306 e. The first-order chi connectivity index (χ1) is 8.72. The summed E-state index contributed by atoms with van der Waals surface area (Å²) in [6, 6.07) is 7.31. The van der Waals surface area contributed by atoms with Crippen LogP contribution in [0.15, 0.2) is 30.6 Å². The molecule has 0 fully saturated rings. The summed E-state index contributed by atoms with van der Waals surface area (Å²) in [7, 11) is 1.96. The van der Waals surface area contributed by atoms with Crippen molar-refractivity contribution in [2.75, 3.05) is 0 Å². The molecule has 1 N–H and O–H groups in total. The lowest BCUT2D eigenvalue weighted by molar-refractivity contribution is 0.530. The van der Waals surface area contributed by atoms with Crippen LogP contribution in [0.2, 0.25) is 0 Å². The topological polar surface area (TPSA) is 29.9 Å². The number of benzene rings is 1. The van der Waals surface area contributed by atoms with Crippen LogP contribution in [0.5, 0.6) is 0 Å². The van der Waals surface area contributed by atoms with Crippen LogP contribution in [-0.2, 0) is 20.0 Å². The summed E-state index contributed by atoms with van der Waals surface area (Å²) in [5.41, 5.74) is 5.59. The maximum atomic E-state index is 4.20. The predicted octanol–water partition coefficient (Wildman–Crippen LogP) is 2.51. The summed E-state index contributed by atoms with van der Waals surface area (Å²) < 4.78 is 1.85. The average Bonchev–Trinajstić information content (AvgIpc) is 2.93. The van der Waals surface area contributed by atoms with Crippen LogP contribution in [0.25, 0.3) is 0 Å². The van der Waals surface area contributed by atoms with Gasteiger partial charge < -0.3 is 5.32 Å². The smallest absolute Gasteiger partial charge is 0.0534 e. The third kappa shape index (κ3) is 2.18. The zero-order valence-corrected chi connectivity index (χ0v) is 11.0. The molecular formula is C15H19N3. The number of rotatable bonds is 3. The number of aryl methyl sites for hydroxylation is 3. The van der Waals surface area contributed by atoms with Gasteiger partial charge in [-0.3, -0.25) is 4.68 Å². The molecule has 3 rings (SSSR count). The molecule has 0 amide bonds. The molecule has 3 heteroatoms. The molecule has 0 radical (unpaired) electrons. The van der Waals surface area contributed by atoms with Crippen LogP contribution in [0.4, 0.5) is 0 Å². The zero-order valence-electron chi connectivity index (χ0n) is 11.0. The number of hydrogen-bond acceptors (Lipinski definition) is 2. The van der Waals surface area contributed by atoms with Crippen molar-refractivity contribution in [3.8, 4) is 0 Å². The Morgan fingerprint density at radius 3 is 3.11 bits per heavy atom. The van der Waals surface area contributed by atoms with Gasteiger partial charge in [-0.2, -0.15) is 5.10 Å². The summed E-state index contributed by atoms with van der Waals surface area (Å²) in [6.07, 6.45) is 6.40. The van der Waals surface area contributed by atoms with E-state index < -0.39 is 0 Å². The standard InChI is InChI=1S/C15H19N3/c1-11-3-4-13-5-6-15(14(13)7-11)16-8-12-9-17-18(2)10-12/h3-4,7,9-10,15-16H,5-6,8H2,1-2H3. The highest BCUT2D eigenvalue weighted by Gasteiger charge is 2.21. The molecule has 2 aromatic rings. The van der Waals surface area contributed by atoms with E-state index in [9.17, 15) is 0 Å². The molecule has 1 aromatic carbocycles. The van der Waals surface area contributed by atoms with Crippen molar-refractivity contribution in [2.24, 2.45) is 7.05 Å². The molecule has 0 bridgehead atoms. The zero-order chi connectivity index (χ0) is 12.5. The predicted molar refractivity (Wildman–Crippen MR) is 72.3 cm³/mol. The maximum Gasteiger partial charge on any atom is 0.0534 e. The van der Waals surface area contributed by atoms with Crippen molar-refractivity contribution in [3.05, 3.63) is 52.8 Å². The van der Waals surface area contributed by atoms with Crippen LogP contribution in [0.1, 0.15) is 34.7 Å². The van der Waals surface area contributed by atoms with Gasteiger partial charge in [0.05, 0.1) is 6.20 Å². The van der Waals surface area contributed by atoms with Gasteiger partial charge in [0.25, 0.3) is 0 Å². The Bertz CT molecular complexity index is 557. The Hall–Kier alpha value is -1.61. The molecule has 3 nitrogen and oxygen atoms in total. The fourth-order valence-corrected chi connectivity index (χ4v) is 2.74. The minimum absolute atomic E-state index is 0.500. The van der Waals surface area contributed by atoms with Gasteiger partial charge in [0.1, 0.15) is 0 Å². The highest BCUT2D eigenvalue weighted by atomic mass is 15.2. The van der Waals surface area contributed by atoms with E-state index in [1.165, 1.54) is 35.1 Å². The Balaban J connectivity index is 1.71. The number of nitrogens with zero attached hydrogens (tertiary/aromatic N) is 2. The van der Waals surface area contributed by atoms with Crippen molar-refractivity contribution in [1.82, 2.24) is 15.1 Å². The summed E-state index contributed by atoms with van der Waals surface area (Å²) in [4.78, 5) is 0. The molecule has 1 aliphatic carbocycles. The molecule has 1 heterocycles. The minimum atomic E-state index is 0.500. The van der Waals surface area contributed by atoms with Crippen LogP contribution in [-0.4, -0.2) is 9.78 Å². The fraction of sp³-hybridized carbons (Fsp3) is 0.400. The number of fused-ring (bicyclic) bond motifs is 1. The molecule has 94 valence electrons. The lowest BCUT2D eigenvalue weighted by Gasteiger charge is -2.13. The molecule has 1 atom stereocenters. The third-order valence-corrected chi connectivity index (χ3v) is 3.69. The molecule has 1 unspecified atom stereocenters. The molecule has 0 spiro atoms. The van der Waals surface area contributed by atoms with Crippen LogP contribution >= 0.6 is 0 Å². The first-order valence-electron chi connectivity index (χ1n) is 6.53. The van der Waals surface area contributed by atoms with E-state index >= 15 is 0 Å². The first kappa shape index (κ1) is 11.5. The number of aromatic nitrogens is 2. The van der Waals surface area contributed by atoms with Crippen LogP contribution < -0.4 is 5.32 Å². The number of hydrogen-bond donors (Lipinski definition) is 1. The second kappa shape index (κ2) is 4.58. The molecule has 0 saturated carbocycles. The first-order valence-corrected chi connectivity index (χ1v) is 6.53. The van der Waals surface area contributed by atoms with Crippen molar-refractivity contribution in [2.45, 2.75) is 32.4 Å². The Morgan fingerprint density at radius 1 is 1.44 bits per heavy atom. The van der Waals surface area contributed by atoms with E-state index in [0.29, 0.717) is 6.04 Å². The van der Waals surface area contributed by atoms with E-state index in [0.717, 1.165) is 6.54 Å². The lowest BCUT2D eigenvalue weighted by Crippen LogP contribution is -2.18. The Morgan fingerprint density at radius 2 is 2.33 bits per heavy atom. The van der Waals surface area contributed by atoms with Gasteiger partial charge in [0, 0.05) is 31.4 Å². The molecule has 0 aliphatic heterocycles. The van der Waals surface area contributed by atoms with E-state index in [1.54, 1.807) is 0 Å². The van der Waals surface area contributed by atoms with Gasteiger partial charge in [-0.1, -0.05) is 23.8 Å². The Labute approximate surface area is 108 Å². The van der Waals surface area contributed by atoms with Crippen molar-refractivity contribution in [3.63, 3.8) is 0 Å². The van der Waals surface area contributed by atoms with Gasteiger partial charge in [-0.25, -0.2) is 0 Å². The average molecular weight is 241 g/mol. The van der Waals surface area contributed by atoms with E-state index in [-0.39, 0.29) is 0 Å². The van der Waals surface area contributed by atoms with Crippen molar-refractivity contribution in [1.29, 1.82) is 0 Å². The van der Waals surface area contributed by atoms with Gasteiger partial charge in [0.15, 0.2) is 0 Å². The van der Waals surface area contributed by atoms with Crippen LogP contribution in [0, 0.1) is 6.92 Å². The highest BCUT2D eigenvalue weighted by Crippen LogP contribution is 2.31. The van der Waals surface area contributed by atoms with Gasteiger partial charge in [-0.15, -0.1) is 0 Å². The molecule has 1 aliphatic rings. The summed E-state index contributed by atoms with van der Waals surface area (Å²) in [5, 5.41) is 7.84. The van der Waals surface area contributed by atoms with Crippen molar-refractivity contribution >= 4 is 0 Å². The second-order valence-corrected chi connectivity index (χ2v) is 5.20. The lowest BCUT2D eigenvalue weighted by atomic mass is 10.0. The maximum absolute atomic E-state index is 4.20. The normalized spacial score (nSPS) is 18.0. The summed E-state index contributed by atoms with van der Waals surface area (Å²) in [6.45, 7) is 3.06. The molecular weight excluding hydrogens is 222 g/mol. The van der Waals surface area contributed by atoms with Gasteiger partial charge >= 0.3 is 0 Å². The van der Waals surface area contributed by atoms with Gasteiger partial charge in [-0.05, 0) is 30.9 Å². The highest BCUT2D eigenvalue weighted by molar-refractivity contribution is 5.37. The molecule has 1 aromatic heterocycles. The van der Waals surface area contributed by atoms with Crippen LogP contribution in [0.3, 0.4) is 0 Å². The quantitative estimate of drug-likeness (QED) is 0.894. The van der Waals surface area contributed by atoms with Crippen molar-refractivity contribution < 1.29 is 0 Å². The summed E-state index contributed by atoms with van der Waals surface area (Å²) in [5.74, 6) is 0. The fourth-order valence-electron chi connectivity index (χ4n) is 2.74. The monoisotopic (exact) mass is 241 g/mol. The number of nitrogens with one attached hydrogen (secondary N) is 1.